The number of fused-ring (bicyclic) bond motifs is 11. The van der Waals surface area contributed by atoms with Crippen molar-refractivity contribution in [2.24, 2.45) is 29.6 Å². The van der Waals surface area contributed by atoms with Crippen molar-refractivity contribution in [2.75, 3.05) is 0 Å². The second-order valence-electron chi connectivity index (χ2n) is 33.6. The molecule has 8 bridgehead atoms. The van der Waals surface area contributed by atoms with Gasteiger partial charge in [0.2, 0.25) is 0 Å². The first kappa shape index (κ1) is 64.6. The summed E-state index contributed by atoms with van der Waals surface area (Å²) in [6, 6.07) is 46.2. The summed E-state index contributed by atoms with van der Waals surface area (Å²) < 4.78 is 2.79. The van der Waals surface area contributed by atoms with Gasteiger partial charge in [0.15, 0.2) is 0 Å². The number of rotatable bonds is 20. The molecule has 95 heavy (non-hydrogen) atoms. The van der Waals surface area contributed by atoms with Crippen LogP contribution < -0.4 is 0 Å². The van der Waals surface area contributed by atoms with Crippen LogP contribution in [0, 0.1) is 29.6 Å². The number of hydrogen-bond acceptors (Lipinski definition) is 2. The molecule has 13 aromatic rings. The van der Waals surface area contributed by atoms with Gasteiger partial charge in [0.25, 0.3) is 0 Å². The summed E-state index contributed by atoms with van der Waals surface area (Å²) in [4.78, 5) is 20.5. The third-order valence-corrected chi connectivity index (χ3v) is 22.2. The number of nitrogens with zero attached hydrogens (tertiary/aromatic N) is 3. The molecule has 0 saturated carbocycles. The largest absolute Gasteiger partial charge is 0.355 e. The lowest BCUT2D eigenvalue weighted by atomic mass is 9.79. The highest BCUT2D eigenvalue weighted by Crippen LogP contribution is 2.54. The first-order valence-electron chi connectivity index (χ1n) is 36.8. The van der Waals surface area contributed by atoms with Crippen LogP contribution in [0.4, 0.5) is 0 Å². The number of unbranched alkanes of at least 4 members (excludes halogenated alkanes) is 1. The Balaban J connectivity index is 1.14. The molecule has 0 fully saturated rings. The second kappa shape index (κ2) is 24.7. The van der Waals surface area contributed by atoms with Crippen molar-refractivity contribution in [1.82, 2.24) is 24.5 Å². The normalized spacial score (nSPS) is 14.3. The van der Waals surface area contributed by atoms with E-state index < -0.39 is 0 Å². The van der Waals surface area contributed by atoms with Crippen molar-refractivity contribution < 1.29 is 0 Å². The molecule has 5 heteroatoms. The van der Waals surface area contributed by atoms with Crippen LogP contribution in [0.1, 0.15) is 221 Å². The fourth-order valence-electron chi connectivity index (χ4n) is 16.6. The summed E-state index contributed by atoms with van der Waals surface area (Å²) in [5.41, 5.74) is 22.7. The van der Waals surface area contributed by atoms with E-state index in [0.29, 0.717) is 29.6 Å². The van der Waals surface area contributed by atoms with E-state index in [1.165, 1.54) is 172 Å². The highest BCUT2D eigenvalue weighted by molar-refractivity contribution is 6.47. The molecule has 6 heterocycles. The van der Waals surface area contributed by atoms with E-state index in [9.17, 15) is 0 Å². The Morgan fingerprint density at radius 3 is 1.63 bits per heavy atom. The van der Waals surface area contributed by atoms with Gasteiger partial charge in [0.1, 0.15) is 0 Å². The van der Waals surface area contributed by atoms with Crippen LogP contribution in [-0.4, -0.2) is 24.5 Å². The van der Waals surface area contributed by atoms with Crippen LogP contribution in [0.3, 0.4) is 0 Å². The van der Waals surface area contributed by atoms with Crippen molar-refractivity contribution in [1.29, 1.82) is 0 Å². The number of nitrogens with one attached hydrogen (secondary N) is 2. The van der Waals surface area contributed by atoms with Gasteiger partial charge in [0, 0.05) is 77.6 Å². The molecule has 3 unspecified atom stereocenters. The minimum absolute atomic E-state index is 0.0634. The zero-order valence-electron chi connectivity index (χ0n) is 60.5. The van der Waals surface area contributed by atoms with Crippen LogP contribution in [0.5, 0.6) is 0 Å². The monoisotopic (exact) mass is 1260 g/mol. The molecular weight excluding hydrogens is 1150 g/mol. The average Bonchev–Trinajstić information content (AvgIpc) is 1.58. The summed E-state index contributed by atoms with van der Waals surface area (Å²) >= 11 is 0. The zero-order valence-corrected chi connectivity index (χ0v) is 60.5. The van der Waals surface area contributed by atoms with Crippen LogP contribution in [0.25, 0.3) is 143 Å². The standard InChI is InChI=1S/C90H105N5/c1-18-20-28-56(19-2)51-95-78-49-66(57-31-33-59(34-32-57)88(9,10)11)63-30-23-29-62-64-35-36-65-67-48-77-69(44-55(8)27-22-25-53(5)6)73-38-41-75(92-73)80(58-45-60(89(12,13)14)47-61(46-58)90(15,16)17)74-40-37-71(91-74)68(43-54(7)26-21-24-52(3)4)72-39-42-76(93-72)83(87(67)94-77)70-50-79(95)86(84(64)82(65)70)85(78)81(62)63/h23,29-42,45-50,52-56,92-93H,18-22,24-28,43-44,51H2,1-17H3. The Bertz CT molecular complexity index is 5130. The third-order valence-electron chi connectivity index (χ3n) is 22.2. The van der Waals surface area contributed by atoms with Gasteiger partial charge in [-0.3, -0.25) is 0 Å². The van der Waals surface area contributed by atoms with E-state index in [1.54, 1.807) is 0 Å². The van der Waals surface area contributed by atoms with Gasteiger partial charge in [0.05, 0.1) is 33.5 Å². The maximum atomic E-state index is 6.15. The lowest BCUT2D eigenvalue weighted by Gasteiger charge is -2.26. The molecule has 490 valence electrons. The number of aromatic amines is 2. The fourth-order valence-corrected chi connectivity index (χ4v) is 16.6. The Labute approximate surface area is 566 Å². The van der Waals surface area contributed by atoms with E-state index >= 15 is 0 Å². The highest BCUT2D eigenvalue weighted by atomic mass is 15.0. The topological polar surface area (TPSA) is 62.3 Å². The Morgan fingerprint density at radius 1 is 0.432 bits per heavy atom. The Morgan fingerprint density at radius 2 is 0.989 bits per heavy atom. The zero-order chi connectivity index (χ0) is 66.7. The summed E-state index contributed by atoms with van der Waals surface area (Å²) in [6.45, 7) is 41.2. The average molecular weight is 1260 g/mol. The predicted octanol–water partition coefficient (Wildman–Crippen LogP) is 26.4. The number of hydrogen-bond donors (Lipinski definition) is 2. The van der Waals surface area contributed by atoms with E-state index in [1.807, 2.05) is 0 Å². The van der Waals surface area contributed by atoms with Gasteiger partial charge >= 0.3 is 0 Å². The second-order valence-corrected chi connectivity index (χ2v) is 33.6. The molecular formula is C90H105N5. The van der Waals surface area contributed by atoms with Gasteiger partial charge < -0.3 is 14.5 Å². The van der Waals surface area contributed by atoms with Gasteiger partial charge in [-0.1, -0.05) is 248 Å². The van der Waals surface area contributed by atoms with Crippen molar-refractivity contribution in [3.63, 3.8) is 0 Å². The van der Waals surface area contributed by atoms with Crippen LogP contribution in [0.15, 0.2) is 115 Å². The van der Waals surface area contributed by atoms with Gasteiger partial charge in [-0.25, -0.2) is 9.97 Å². The fraction of sp³-hybridized carbons (Fsp3) is 0.422. The molecule has 0 aliphatic carbocycles. The third kappa shape index (κ3) is 11.7. The molecule has 1 aliphatic heterocycles. The van der Waals surface area contributed by atoms with Crippen molar-refractivity contribution in [3.8, 4) is 22.3 Å². The van der Waals surface area contributed by atoms with E-state index in [4.69, 9.17) is 9.97 Å². The molecule has 3 atom stereocenters. The molecule has 2 N–H and O–H groups in total. The highest BCUT2D eigenvalue weighted by Gasteiger charge is 2.30. The minimum Gasteiger partial charge on any atom is -0.355 e. The van der Waals surface area contributed by atoms with Gasteiger partial charge in [-0.05, 0) is 185 Å². The van der Waals surface area contributed by atoms with Crippen LogP contribution in [0.2, 0.25) is 0 Å². The van der Waals surface area contributed by atoms with E-state index in [0.717, 1.165) is 82.3 Å². The molecule has 0 amide bonds. The van der Waals surface area contributed by atoms with Gasteiger partial charge in [-0.15, -0.1) is 0 Å². The lowest BCUT2D eigenvalue weighted by molar-refractivity contribution is 0.401. The molecule has 0 saturated heterocycles. The molecule has 5 aromatic heterocycles. The SMILES string of the molecule is CCCCC(CC)Cn1c2cc(-c3ccc(C(C)(C)C)cc3)c3cccc4c5ccc6c7cc8nc7c(c7ccc([nH]7)c(CC(C)CCCC(C)C)c7nc(c(-c9cc(C(C)(C)C)cc(C(C)(C)C)c9)c9ccc([nH]9)c8CC(C)CCCC(C)C)C=C7)c7cc1c(c5c67)c2c34. The first-order chi connectivity index (χ1) is 45.4. The Hall–Kier alpha value is -7.76. The molecule has 5 nitrogen and oxygen atoms in total. The number of aromatic nitrogens is 5. The van der Waals surface area contributed by atoms with Crippen LogP contribution >= 0.6 is 0 Å². The van der Waals surface area contributed by atoms with Crippen molar-refractivity contribution in [3.05, 3.63) is 154 Å². The van der Waals surface area contributed by atoms with E-state index in [-0.39, 0.29) is 16.2 Å². The summed E-state index contributed by atoms with van der Waals surface area (Å²) in [5, 5.41) is 15.9. The van der Waals surface area contributed by atoms with Gasteiger partial charge in [-0.2, -0.15) is 0 Å². The molecule has 0 spiro atoms. The number of benzene rings is 8. The quantitative estimate of drug-likeness (QED) is 0.0590. The number of H-pyrrole nitrogens is 2. The molecule has 1 aliphatic rings. The summed E-state index contributed by atoms with van der Waals surface area (Å²) in [5.74, 6) is 2.77. The lowest BCUT2D eigenvalue weighted by Crippen LogP contribution is -2.16. The molecule has 8 aromatic carbocycles. The maximum Gasteiger partial charge on any atom is 0.0815 e. The maximum absolute atomic E-state index is 6.15. The first-order valence-corrected chi connectivity index (χ1v) is 36.8. The smallest absolute Gasteiger partial charge is 0.0815 e. The van der Waals surface area contributed by atoms with Crippen LogP contribution in [-0.2, 0) is 35.6 Å². The van der Waals surface area contributed by atoms with Crippen molar-refractivity contribution in [2.45, 2.75) is 218 Å². The minimum atomic E-state index is -0.0663. The van der Waals surface area contributed by atoms with E-state index in [2.05, 4.69) is 260 Å². The summed E-state index contributed by atoms with van der Waals surface area (Å²) in [6.07, 6.45) is 18.5. The molecule has 0 radical (unpaired) electrons. The van der Waals surface area contributed by atoms with Crippen molar-refractivity contribution >= 4 is 121 Å². The molecule has 14 rings (SSSR count). The predicted molar refractivity (Wildman–Crippen MR) is 416 cm³/mol. The Kier molecular flexibility index (Phi) is 16.8. The summed E-state index contributed by atoms with van der Waals surface area (Å²) in [7, 11) is 0.